The summed E-state index contributed by atoms with van der Waals surface area (Å²) >= 11 is 0. The molecule has 3 aliphatic heterocycles. The quantitative estimate of drug-likeness (QED) is 0.0193. The molecule has 0 radical (unpaired) electrons. The second kappa shape index (κ2) is 32.4. The lowest BCUT2D eigenvalue weighted by Crippen LogP contribution is -2.48. The van der Waals surface area contributed by atoms with E-state index in [4.69, 9.17) is 61.8 Å². The van der Waals surface area contributed by atoms with Crippen LogP contribution >= 0.6 is 0 Å². The number of amides is 5. The molecule has 0 spiro atoms. The molecule has 0 saturated heterocycles. The Bertz CT molecular complexity index is 3180. The number of nitrogens with one attached hydrogen (secondary N) is 3. The zero-order valence-corrected chi connectivity index (χ0v) is 49.6. The van der Waals surface area contributed by atoms with Crippen molar-refractivity contribution in [2.75, 3.05) is 93.7 Å². The second-order valence-electron chi connectivity index (χ2n) is 21.4. The van der Waals surface area contributed by atoms with Gasteiger partial charge in [-0.15, -0.1) is 5.10 Å². The van der Waals surface area contributed by atoms with E-state index in [2.05, 4.69) is 26.3 Å². The average Bonchev–Trinajstić information content (AvgIpc) is 1.45. The van der Waals surface area contributed by atoms with E-state index >= 15 is 0 Å². The van der Waals surface area contributed by atoms with Gasteiger partial charge in [0.1, 0.15) is 51.5 Å². The molecule has 4 N–H and O–H groups in total. The maximum atomic E-state index is 14.1. The first-order valence-corrected chi connectivity index (χ1v) is 29.0. The SMILES string of the molecule is CCc1c2c(nc3ccc(O)cc13)-c1cc3c(c(=O)n1C2)COC(=O)C3(CC)OC(=O)OCC(NC(=O)COCC(=O)NCCOCOCOCOCOCOCOCOCCn1cc(CNC(=O)C2CCC(CN3C(=O)C=CC3=O)CC2)nn1)C(C)C. The number of nitrogens with zero attached hydrogens (tertiary/aromatic N) is 6. The van der Waals surface area contributed by atoms with Crippen LogP contribution in [0.4, 0.5) is 4.79 Å². The van der Waals surface area contributed by atoms with Crippen LogP contribution in [0.25, 0.3) is 22.3 Å². The molecule has 8 rings (SSSR count). The summed E-state index contributed by atoms with van der Waals surface area (Å²) in [6, 6.07) is 5.79. The fourth-order valence-electron chi connectivity index (χ4n) is 10.5. The molecule has 5 amide bonds. The first-order chi connectivity index (χ1) is 42.6. The number of aromatic nitrogens is 5. The highest BCUT2D eigenvalue weighted by atomic mass is 16.8. The maximum absolute atomic E-state index is 14.1. The van der Waals surface area contributed by atoms with Crippen molar-refractivity contribution < 1.29 is 95.5 Å². The molecule has 0 bridgehead atoms. The van der Waals surface area contributed by atoms with E-state index in [-0.39, 0.29) is 152 Å². The summed E-state index contributed by atoms with van der Waals surface area (Å²) in [5, 5.41) is 27.4. The van der Waals surface area contributed by atoms with Crippen molar-refractivity contribution in [2.45, 2.75) is 104 Å². The second-order valence-corrected chi connectivity index (χ2v) is 21.4. The number of aromatic hydroxyl groups is 1. The summed E-state index contributed by atoms with van der Waals surface area (Å²) in [7, 11) is 0. The number of hydrogen-bond donors (Lipinski definition) is 4. The Hall–Kier alpha value is -7.81. The first-order valence-electron chi connectivity index (χ1n) is 29.0. The summed E-state index contributed by atoms with van der Waals surface area (Å²) in [6.07, 6.45) is 6.48. The number of hydrogen-bond acceptors (Lipinski definition) is 24. The fourth-order valence-corrected chi connectivity index (χ4v) is 10.5. The molecule has 2 unspecified atom stereocenters. The van der Waals surface area contributed by atoms with Crippen molar-refractivity contribution in [1.29, 1.82) is 0 Å². The average molecular weight is 1230 g/mol. The van der Waals surface area contributed by atoms with Gasteiger partial charge in [-0.2, -0.15) is 0 Å². The third-order valence-corrected chi connectivity index (χ3v) is 15.2. The lowest BCUT2D eigenvalue weighted by molar-refractivity contribution is -0.221. The Morgan fingerprint density at radius 2 is 1.45 bits per heavy atom. The van der Waals surface area contributed by atoms with E-state index in [1.54, 1.807) is 54.4 Å². The number of rotatable bonds is 36. The number of pyridine rings is 2. The highest BCUT2D eigenvalue weighted by molar-refractivity contribution is 6.12. The van der Waals surface area contributed by atoms with Gasteiger partial charge in [-0.25, -0.2) is 19.3 Å². The van der Waals surface area contributed by atoms with Crippen LogP contribution in [0.2, 0.25) is 0 Å². The molecule has 4 aliphatic rings. The molecular weight excluding hydrogens is 1160 g/mol. The van der Waals surface area contributed by atoms with Crippen LogP contribution < -0.4 is 21.5 Å². The number of carbonyl (C=O) groups is 7. The molecule has 2 atom stereocenters. The molecule has 6 heterocycles. The third-order valence-electron chi connectivity index (χ3n) is 15.2. The molecule has 30 nitrogen and oxygen atoms in total. The minimum Gasteiger partial charge on any atom is -0.508 e. The van der Waals surface area contributed by atoms with Gasteiger partial charge in [0.15, 0.2) is 34.0 Å². The maximum Gasteiger partial charge on any atom is 0.509 e. The van der Waals surface area contributed by atoms with Crippen LogP contribution in [-0.2, 0) is 124 Å². The molecular formula is C58H75N9O21. The van der Waals surface area contributed by atoms with Crippen molar-refractivity contribution in [2.24, 2.45) is 17.8 Å². The standard InChI is InChI=1S/C58H75N9O21/c1-5-41-42-19-40(68)11-12-46(42)62-53-43(41)24-66-48(53)20-45-44(55(66)74)25-86-56(75)58(45,6-2)88-57(76)87-26-47(36(3)4)61-50(70)28-79-27-49(69)59-15-17-77-29-80-31-82-33-84-35-85-34-83-32-81-30-78-18-16-65-23-39(63-64-65)21-60-54(73)38-9-7-37(8-10-38)22-67-51(71)13-14-52(67)72/h11-14,19-20,23,36-38,47,68H,5-10,15-18,21-22,24-35H2,1-4H3,(H,59,69)(H,60,73)(H,61,70). The number of ether oxygens (including phenoxy) is 12. The number of phenols is 1. The van der Waals surface area contributed by atoms with Crippen LogP contribution in [0.15, 0.2) is 47.4 Å². The largest absolute Gasteiger partial charge is 0.509 e. The van der Waals surface area contributed by atoms with Crippen molar-refractivity contribution in [3.05, 3.63) is 80.9 Å². The lowest BCUT2D eigenvalue weighted by atomic mass is 9.81. The van der Waals surface area contributed by atoms with E-state index < -0.39 is 54.4 Å². The van der Waals surface area contributed by atoms with Crippen molar-refractivity contribution in [3.8, 4) is 17.1 Å². The van der Waals surface area contributed by atoms with Gasteiger partial charge < -0.3 is 82.5 Å². The van der Waals surface area contributed by atoms with Crippen LogP contribution in [0, 0.1) is 17.8 Å². The molecule has 3 aromatic heterocycles. The van der Waals surface area contributed by atoms with Gasteiger partial charge in [-0.1, -0.05) is 32.9 Å². The molecule has 4 aromatic rings. The Labute approximate surface area is 505 Å². The van der Waals surface area contributed by atoms with E-state index in [9.17, 15) is 43.5 Å². The van der Waals surface area contributed by atoms with Gasteiger partial charge in [-0.3, -0.25) is 33.7 Å². The summed E-state index contributed by atoms with van der Waals surface area (Å²) in [5.41, 5.74) is 1.80. The minimum atomic E-state index is -2.03. The molecule has 1 fully saturated rings. The summed E-state index contributed by atoms with van der Waals surface area (Å²) in [4.78, 5) is 109. The van der Waals surface area contributed by atoms with Gasteiger partial charge in [0.2, 0.25) is 23.3 Å². The summed E-state index contributed by atoms with van der Waals surface area (Å²) < 4.78 is 67.0. The predicted octanol–water partition coefficient (Wildman–Crippen LogP) is 2.26. The minimum absolute atomic E-state index is 0.0348. The number of aryl methyl sites for hydroxylation is 1. The van der Waals surface area contributed by atoms with Crippen LogP contribution in [0.5, 0.6) is 5.75 Å². The number of phenolic OH excluding ortho intramolecular Hbond substituents is 1. The zero-order chi connectivity index (χ0) is 62.6. The monoisotopic (exact) mass is 1230 g/mol. The van der Waals surface area contributed by atoms with E-state index in [1.165, 1.54) is 23.1 Å². The Morgan fingerprint density at radius 1 is 0.795 bits per heavy atom. The molecule has 30 heteroatoms. The van der Waals surface area contributed by atoms with E-state index in [1.807, 2.05) is 6.92 Å². The normalized spacial score (nSPS) is 18.1. The topological polar surface area (TPSA) is 355 Å². The molecule has 1 saturated carbocycles. The van der Waals surface area contributed by atoms with E-state index in [0.717, 1.165) is 29.4 Å². The lowest BCUT2D eigenvalue weighted by Gasteiger charge is -2.35. The van der Waals surface area contributed by atoms with E-state index in [0.29, 0.717) is 55.0 Å². The number of fused-ring (bicyclic) bond motifs is 5. The van der Waals surface area contributed by atoms with Gasteiger partial charge in [0.25, 0.3) is 17.4 Å². The fraction of sp³-hybridized carbons (Fsp3) is 0.569. The Balaban J connectivity index is 0.595. The van der Waals surface area contributed by atoms with Gasteiger partial charge in [0, 0.05) is 47.7 Å². The van der Waals surface area contributed by atoms with Crippen molar-refractivity contribution in [1.82, 2.24) is 45.4 Å². The Morgan fingerprint density at radius 3 is 2.11 bits per heavy atom. The zero-order valence-electron chi connectivity index (χ0n) is 49.6. The number of carbonyl (C=O) groups excluding carboxylic acids is 7. The predicted molar refractivity (Wildman–Crippen MR) is 302 cm³/mol. The highest BCUT2D eigenvalue weighted by Gasteiger charge is 2.51. The molecule has 1 aliphatic carbocycles. The van der Waals surface area contributed by atoms with Crippen LogP contribution in [0.3, 0.4) is 0 Å². The van der Waals surface area contributed by atoms with Crippen molar-refractivity contribution in [3.63, 3.8) is 0 Å². The number of esters is 1. The molecule has 1 aromatic carbocycles. The highest BCUT2D eigenvalue weighted by Crippen LogP contribution is 2.43. The third kappa shape index (κ3) is 17.5. The van der Waals surface area contributed by atoms with Gasteiger partial charge in [-0.05, 0) is 80.2 Å². The number of imide groups is 1. The number of cyclic esters (lactones) is 1. The summed E-state index contributed by atoms with van der Waals surface area (Å²) in [6.45, 7) is 6.54. The first kappa shape index (κ1) is 66.1. The van der Waals surface area contributed by atoms with Gasteiger partial charge in [0.05, 0.1) is 67.6 Å². The molecule has 478 valence electrons. The Kier molecular flexibility index (Phi) is 24.4. The van der Waals surface area contributed by atoms with Gasteiger partial charge >= 0.3 is 12.1 Å². The van der Waals surface area contributed by atoms with Crippen LogP contribution in [-0.4, -0.2) is 176 Å². The number of benzene rings is 1. The smallest absolute Gasteiger partial charge is 0.508 e. The van der Waals surface area contributed by atoms with Crippen molar-refractivity contribution >= 4 is 52.6 Å². The molecule has 88 heavy (non-hydrogen) atoms. The summed E-state index contributed by atoms with van der Waals surface area (Å²) in [5.74, 6) is -2.69. The van der Waals surface area contributed by atoms with Crippen LogP contribution in [0.1, 0.15) is 87.7 Å².